The van der Waals surface area contributed by atoms with Gasteiger partial charge in [0.25, 0.3) is 10.9 Å². The van der Waals surface area contributed by atoms with Gasteiger partial charge in [0.1, 0.15) is 5.75 Å². The Hall–Kier alpha value is -2.54. The molecule has 0 saturated carbocycles. The van der Waals surface area contributed by atoms with Crippen molar-refractivity contribution in [3.05, 3.63) is 53.4 Å². The fraction of sp³-hybridized carbons (Fsp3) is 0.133. The van der Waals surface area contributed by atoms with Crippen LogP contribution in [0.5, 0.6) is 5.75 Å². The van der Waals surface area contributed by atoms with Gasteiger partial charge in [0.2, 0.25) is 0 Å². The van der Waals surface area contributed by atoms with Gasteiger partial charge in [0, 0.05) is 17.7 Å². The number of nitrogens with zero attached hydrogens (tertiary/aromatic N) is 1. The quantitative estimate of drug-likeness (QED) is 0.401. The number of hydrogen-bond acceptors (Lipinski definition) is 5. The summed E-state index contributed by atoms with van der Waals surface area (Å²) in [6.45, 7) is -0.0202. The molecule has 0 atom stereocenters. The maximum Gasteiger partial charge on any atom is 0.262 e. The van der Waals surface area contributed by atoms with Crippen LogP contribution in [0, 0.1) is 5.21 Å². The van der Waals surface area contributed by atoms with Crippen LogP contribution in [-0.2, 0) is 4.79 Å². The van der Waals surface area contributed by atoms with E-state index in [1.807, 2.05) is 0 Å². The fourth-order valence-electron chi connectivity index (χ4n) is 2.00. The first-order valence-electron chi connectivity index (χ1n) is 6.54. The van der Waals surface area contributed by atoms with Crippen LogP contribution in [0.25, 0.3) is 0 Å². The van der Waals surface area contributed by atoms with E-state index in [4.69, 9.17) is 4.74 Å². The van der Waals surface area contributed by atoms with Gasteiger partial charge in [0.15, 0.2) is 18.6 Å². The van der Waals surface area contributed by atoms with E-state index >= 15 is 0 Å². The van der Waals surface area contributed by atoms with Gasteiger partial charge in [-0.2, -0.15) is 4.73 Å². The number of anilines is 1. The molecule has 7 heteroatoms. The molecule has 0 radical (unpaired) electrons. The molecule has 0 bridgehead atoms. The Balaban J connectivity index is 1.72. The molecule has 0 unspecified atom stereocenters. The zero-order valence-corrected chi connectivity index (χ0v) is 12.3. The first-order valence-corrected chi connectivity index (χ1v) is 7.53. The molecule has 0 saturated heterocycles. The van der Waals surface area contributed by atoms with E-state index in [1.54, 1.807) is 36.4 Å². The maximum absolute atomic E-state index is 12.2. The molecule has 22 heavy (non-hydrogen) atoms. The highest BCUT2D eigenvalue weighted by atomic mass is 32.2. The second-order valence-electron chi connectivity index (χ2n) is 4.62. The monoisotopic (exact) mass is 316 g/mol. The number of amides is 1. The number of pyridine rings is 1. The molecule has 1 aromatic heterocycles. The van der Waals surface area contributed by atoms with Crippen molar-refractivity contribution in [1.82, 2.24) is 0 Å². The molecule has 2 aromatic rings. The van der Waals surface area contributed by atoms with Gasteiger partial charge in [-0.05, 0) is 36.0 Å². The molecule has 0 aliphatic carbocycles. The Bertz CT molecular complexity index is 748. The lowest BCUT2D eigenvalue weighted by Crippen LogP contribution is -2.28. The molecule has 3 rings (SSSR count). The van der Waals surface area contributed by atoms with E-state index in [2.05, 4.69) is 5.32 Å². The summed E-state index contributed by atoms with van der Waals surface area (Å²) in [6.07, 6.45) is 1.39. The zero-order chi connectivity index (χ0) is 15.5. The number of fused-ring (bicyclic) bond motifs is 1. The highest BCUT2D eigenvalue weighted by Gasteiger charge is 2.18. The van der Waals surface area contributed by atoms with Crippen LogP contribution in [0.3, 0.4) is 0 Å². The van der Waals surface area contributed by atoms with E-state index in [0.29, 0.717) is 22.0 Å². The van der Waals surface area contributed by atoms with Gasteiger partial charge < -0.3 is 15.3 Å². The van der Waals surface area contributed by atoms with E-state index in [1.165, 1.54) is 18.0 Å². The first kappa shape index (κ1) is 14.4. The zero-order valence-electron chi connectivity index (χ0n) is 11.4. The van der Waals surface area contributed by atoms with Crippen LogP contribution in [0.2, 0.25) is 0 Å². The minimum atomic E-state index is -0.247. The molecule has 0 fully saturated rings. The molecular weight excluding hydrogens is 304 g/mol. The van der Waals surface area contributed by atoms with Crippen molar-refractivity contribution in [3.63, 3.8) is 0 Å². The summed E-state index contributed by atoms with van der Waals surface area (Å²) in [4.78, 5) is 23.5. The number of ether oxygens (including phenoxy) is 1. The number of ketones is 1. The smallest absolute Gasteiger partial charge is 0.262 e. The molecular formula is C15H12N2O4S. The second-order valence-corrected chi connectivity index (χ2v) is 5.62. The maximum atomic E-state index is 12.2. The minimum absolute atomic E-state index is 0.0202. The predicted molar refractivity (Wildman–Crippen MR) is 81.0 cm³/mol. The third-order valence-electron chi connectivity index (χ3n) is 3.07. The van der Waals surface area contributed by atoms with Crippen molar-refractivity contribution in [1.29, 1.82) is 0 Å². The summed E-state index contributed by atoms with van der Waals surface area (Å²) in [5, 5.41) is 14.6. The van der Waals surface area contributed by atoms with E-state index in [9.17, 15) is 14.8 Å². The lowest BCUT2D eigenvalue weighted by atomic mass is 10.1. The van der Waals surface area contributed by atoms with Gasteiger partial charge in [-0.1, -0.05) is 0 Å². The van der Waals surface area contributed by atoms with Gasteiger partial charge in [0.05, 0.1) is 11.4 Å². The highest BCUT2D eigenvalue weighted by molar-refractivity contribution is 7.99. The molecule has 0 spiro atoms. The molecule has 1 aromatic carbocycles. The highest BCUT2D eigenvalue weighted by Crippen LogP contribution is 2.29. The minimum Gasteiger partial charge on any atom is -0.618 e. The largest absolute Gasteiger partial charge is 0.618 e. The van der Waals surface area contributed by atoms with Crippen LogP contribution in [0.1, 0.15) is 10.4 Å². The van der Waals surface area contributed by atoms with Gasteiger partial charge in [-0.15, -0.1) is 0 Å². The van der Waals surface area contributed by atoms with Crippen LogP contribution in [0.15, 0.2) is 47.6 Å². The number of hydrogen-bond donors (Lipinski definition) is 1. The normalized spacial score (nSPS) is 13.0. The summed E-state index contributed by atoms with van der Waals surface area (Å²) in [5.41, 5.74) is 0.955. The predicted octanol–water partition coefficient (Wildman–Crippen LogP) is 1.63. The number of thioether (sulfide) groups is 1. The summed E-state index contributed by atoms with van der Waals surface area (Å²) in [7, 11) is 0. The number of carbonyl (C=O) groups is 2. The lowest BCUT2D eigenvalue weighted by Gasteiger charge is -2.18. The van der Waals surface area contributed by atoms with E-state index in [0.717, 1.165) is 4.73 Å². The van der Waals surface area contributed by atoms with Crippen molar-refractivity contribution in [2.45, 2.75) is 5.03 Å². The number of carbonyl (C=O) groups excluding carboxylic acids is 2. The fourth-order valence-corrected chi connectivity index (χ4v) is 2.81. The molecule has 1 amide bonds. The summed E-state index contributed by atoms with van der Waals surface area (Å²) in [5.74, 6) is 0.309. The van der Waals surface area contributed by atoms with E-state index < -0.39 is 0 Å². The third kappa shape index (κ3) is 3.04. The Labute approximate surface area is 130 Å². The Morgan fingerprint density at radius 2 is 2.23 bits per heavy atom. The number of aromatic nitrogens is 1. The van der Waals surface area contributed by atoms with Crippen LogP contribution in [0.4, 0.5) is 5.69 Å². The lowest BCUT2D eigenvalue weighted by molar-refractivity contribution is -0.645. The van der Waals surface area contributed by atoms with Crippen LogP contribution < -0.4 is 14.8 Å². The number of Topliss-reactive ketones (excluding diaryl/α,β-unsaturated/α-hetero) is 1. The average molecular weight is 316 g/mol. The Morgan fingerprint density at radius 3 is 3.05 bits per heavy atom. The number of rotatable bonds is 4. The Morgan fingerprint density at radius 1 is 1.36 bits per heavy atom. The average Bonchev–Trinajstić information content (AvgIpc) is 2.53. The first-order chi connectivity index (χ1) is 10.6. The molecule has 6 nitrogen and oxygen atoms in total. The van der Waals surface area contributed by atoms with Crippen molar-refractivity contribution < 1.29 is 19.1 Å². The summed E-state index contributed by atoms with van der Waals surface area (Å²) in [6, 6.07) is 9.92. The molecule has 1 N–H and O–H groups in total. The van der Waals surface area contributed by atoms with E-state index in [-0.39, 0.29) is 24.1 Å². The van der Waals surface area contributed by atoms with Gasteiger partial charge in [-0.25, -0.2) is 0 Å². The van der Waals surface area contributed by atoms with Crippen molar-refractivity contribution in [3.8, 4) is 5.75 Å². The molecule has 2 heterocycles. The van der Waals surface area contributed by atoms with Gasteiger partial charge >= 0.3 is 0 Å². The van der Waals surface area contributed by atoms with Crippen LogP contribution >= 0.6 is 11.8 Å². The molecule has 112 valence electrons. The Kier molecular flexibility index (Phi) is 3.97. The van der Waals surface area contributed by atoms with Crippen molar-refractivity contribution in [2.24, 2.45) is 0 Å². The van der Waals surface area contributed by atoms with Crippen molar-refractivity contribution >= 4 is 29.1 Å². The second kappa shape index (κ2) is 6.07. The number of nitrogens with one attached hydrogen (secondary N) is 1. The SMILES string of the molecule is O=C1COc2ccc(C(=O)CSc3cccc[n+]3[O-])cc2N1. The number of benzene rings is 1. The van der Waals surface area contributed by atoms with Crippen LogP contribution in [-0.4, -0.2) is 24.1 Å². The standard InChI is InChI=1S/C15H12N2O4S/c18-12(9-22-15-3-1-2-6-17(15)20)10-4-5-13-11(7-10)16-14(19)8-21-13/h1-7H,8-9H2,(H,16,19). The van der Waals surface area contributed by atoms with Crippen molar-refractivity contribution in [2.75, 3.05) is 17.7 Å². The summed E-state index contributed by atoms with van der Waals surface area (Å²) >= 11 is 1.17. The summed E-state index contributed by atoms with van der Waals surface area (Å²) < 4.78 is 5.96. The molecule has 1 aliphatic rings. The topological polar surface area (TPSA) is 82.3 Å². The molecule has 1 aliphatic heterocycles. The van der Waals surface area contributed by atoms with Gasteiger partial charge in [-0.3, -0.25) is 9.59 Å². The third-order valence-corrected chi connectivity index (χ3v) is 4.09.